The van der Waals surface area contributed by atoms with Crippen LogP contribution in [0.15, 0.2) is 24.3 Å². The highest BCUT2D eigenvalue weighted by atomic mass is 35.5. The second kappa shape index (κ2) is 9.37. The molecule has 1 aromatic rings. The Bertz CT molecular complexity index is 530. The molecule has 1 atom stereocenters. The lowest BCUT2D eigenvalue weighted by Crippen LogP contribution is -2.49. The summed E-state index contributed by atoms with van der Waals surface area (Å²) in [5.74, 6) is 0.188. The highest BCUT2D eigenvalue weighted by molar-refractivity contribution is 5.94. The minimum atomic E-state index is -0.582. The fourth-order valence-electron chi connectivity index (χ4n) is 1.73. The number of nitrogens with two attached hydrogens (primary N) is 1. The molecule has 4 N–H and O–H groups in total. The molecular formula is C16H26ClN3O3. The fourth-order valence-corrected chi connectivity index (χ4v) is 1.73. The Morgan fingerprint density at radius 2 is 1.83 bits per heavy atom. The van der Waals surface area contributed by atoms with Gasteiger partial charge < -0.3 is 21.1 Å². The Morgan fingerprint density at radius 1 is 1.22 bits per heavy atom. The molecule has 0 saturated heterocycles. The van der Waals surface area contributed by atoms with Crippen molar-refractivity contribution in [1.29, 1.82) is 0 Å². The predicted molar refractivity (Wildman–Crippen MR) is 93.0 cm³/mol. The first-order valence-corrected chi connectivity index (χ1v) is 7.21. The maximum atomic E-state index is 11.9. The molecule has 23 heavy (non-hydrogen) atoms. The van der Waals surface area contributed by atoms with Crippen molar-refractivity contribution in [3.05, 3.63) is 29.8 Å². The highest BCUT2D eigenvalue weighted by Gasteiger charge is 2.26. The summed E-state index contributed by atoms with van der Waals surface area (Å²) in [7, 11) is 1.55. The molecule has 1 rings (SSSR count). The van der Waals surface area contributed by atoms with Crippen LogP contribution in [0, 0.1) is 5.41 Å². The first kappa shape index (κ1) is 21.2. The summed E-state index contributed by atoms with van der Waals surface area (Å²) in [6.45, 7) is 6.38. The summed E-state index contributed by atoms with van der Waals surface area (Å²) < 4.78 is 5.07. The minimum absolute atomic E-state index is 0. The van der Waals surface area contributed by atoms with Crippen molar-refractivity contribution < 1.29 is 14.3 Å². The minimum Gasteiger partial charge on any atom is -0.497 e. The number of nitrogens with one attached hydrogen (secondary N) is 2. The molecule has 0 spiro atoms. The third-order valence-corrected chi connectivity index (χ3v) is 3.26. The van der Waals surface area contributed by atoms with Crippen molar-refractivity contribution in [3.8, 4) is 5.75 Å². The van der Waals surface area contributed by atoms with Crippen LogP contribution in [0.5, 0.6) is 5.75 Å². The van der Waals surface area contributed by atoms with Crippen LogP contribution in [0.3, 0.4) is 0 Å². The van der Waals surface area contributed by atoms with E-state index in [4.69, 9.17) is 10.5 Å². The molecule has 1 aromatic carbocycles. The van der Waals surface area contributed by atoms with Crippen molar-refractivity contribution in [2.45, 2.75) is 26.8 Å². The third-order valence-electron chi connectivity index (χ3n) is 3.26. The zero-order valence-corrected chi connectivity index (χ0v) is 14.8. The summed E-state index contributed by atoms with van der Waals surface area (Å²) in [5.41, 5.74) is 6.06. The first-order chi connectivity index (χ1) is 10.3. The van der Waals surface area contributed by atoms with E-state index in [1.807, 2.05) is 20.8 Å². The standard InChI is InChI=1S/C16H25N3O3.ClH/c1-16(2,3)13(17)15(21)19-9-8-18-14(20)11-6-5-7-12(10-11)22-4;/h5-7,10,13H,8-9,17H2,1-4H3,(H,18,20)(H,19,21);1H/t13-;/m1./s1. The lowest BCUT2D eigenvalue weighted by molar-refractivity contribution is -0.124. The number of carbonyl (C=O) groups excluding carboxylic acids is 2. The van der Waals surface area contributed by atoms with Crippen LogP contribution < -0.4 is 21.1 Å². The van der Waals surface area contributed by atoms with Gasteiger partial charge in [-0.3, -0.25) is 9.59 Å². The van der Waals surface area contributed by atoms with Gasteiger partial charge in [-0.1, -0.05) is 26.8 Å². The third kappa shape index (κ3) is 6.88. The van der Waals surface area contributed by atoms with Gasteiger partial charge in [-0.05, 0) is 23.6 Å². The summed E-state index contributed by atoms with van der Waals surface area (Å²) in [5, 5.41) is 5.45. The first-order valence-electron chi connectivity index (χ1n) is 7.21. The molecule has 0 unspecified atom stereocenters. The number of methoxy groups -OCH3 is 1. The van der Waals surface area contributed by atoms with Crippen LogP contribution in [-0.4, -0.2) is 38.1 Å². The Hall–Kier alpha value is -1.79. The molecule has 0 aliphatic heterocycles. The molecule has 0 saturated carbocycles. The molecular weight excluding hydrogens is 318 g/mol. The van der Waals surface area contributed by atoms with E-state index in [1.54, 1.807) is 31.4 Å². The van der Waals surface area contributed by atoms with Crippen molar-refractivity contribution in [2.24, 2.45) is 11.1 Å². The maximum Gasteiger partial charge on any atom is 0.251 e. The van der Waals surface area contributed by atoms with Gasteiger partial charge in [0.1, 0.15) is 5.75 Å². The van der Waals surface area contributed by atoms with Crippen LogP contribution in [0.4, 0.5) is 0 Å². The predicted octanol–water partition coefficient (Wildman–Crippen LogP) is 1.34. The van der Waals surface area contributed by atoms with E-state index in [9.17, 15) is 9.59 Å². The Morgan fingerprint density at radius 3 is 2.39 bits per heavy atom. The number of rotatable bonds is 6. The molecule has 130 valence electrons. The largest absolute Gasteiger partial charge is 0.497 e. The molecule has 0 heterocycles. The Labute approximate surface area is 143 Å². The van der Waals surface area contributed by atoms with Crippen LogP contribution in [-0.2, 0) is 4.79 Å². The SMILES string of the molecule is COc1cccc(C(=O)NCCNC(=O)[C@@H](N)C(C)(C)C)c1.Cl. The van der Waals surface area contributed by atoms with Crippen LogP contribution in [0.2, 0.25) is 0 Å². The van der Waals surface area contributed by atoms with E-state index in [2.05, 4.69) is 10.6 Å². The Kier molecular flexibility index (Phi) is 8.64. The van der Waals surface area contributed by atoms with Crippen LogP contribution >= 0.6 is 12.4 Å². The van der Waals surface area contributed by atoms with E-state index < -0.39 is 6.04 Å². The van der Waals surface area contributed by atoms with Crippen molar-refractivity contribution in [2.75, 3.05) is 20.2 Å². The molecule has 0 bridgehead atoms. The van der Waals surface area contributed by atoms with Gasteiger partial charge in [-0.25, -0.2) is 0 Å². The molecule has 2 amide bonds. The average molecular weight is 344 g/mol. The highest BCUT2D eigenvalue weighted by Crippen LogP contribution is 2.17. The van der Waals surface area contributed by atoms with Crippen molar-refractivity contribution in [3.63, 3.8) is 0 Å². The molecule has 6 nitrogen and oxygen atoms in total. The fraction of sp³-hybridized carbons (Fsp3) is 0.500. The smallest absolute Gasteiger partial charge is 0.251 e. The van der Waals surface area contributed by atoms with Gasteiger partial charge in [-0.15, -0.1) is 12.4 Å². The second-order valence-electron chi connectivity index (χ2n) is 6.12. The van der Waals surface area contributed by atoms with Gasteiger partial charge in [-0.2, -0.15) is 0 Å². The maximum absolute atomic E-state index is 11.9. The number of benzene rings is 1. The topological polar surface area (TPSA) is 93.5 Å². The van der Waals surface area contributed by atoms with E-state index >= 15 is 0 Å². The molecule has 7 heteroatoms. The van der Waals surface area contributed by atoms with Crippen LogP contribution in [0.1, 0.15) is 31.1 Å². The van der Waals surface area contributed by atoms with E-state index in [0.717, 1.165) is 0 Å². The molecule has 0 aliphatic rings. The average Bonchev–Trinajstić information content (AvgIpc) is 2.49. The van der Waals surface area contributed by atoms with Gasteiger partial charge in [0.05, 0.1) is 13.2 Å². The van der Waals surface area contributed by atoms with Gasteiger partial charge >= 0.3 is 0 Å². The normalized spacial score (nSPS) is 11.9. The zero-order valence-electron chi connectivity index (χ0n) is 14.0. The lowest BCUT2D eigenvalue weighted by atomic mass is 9.87. The van der Waals surface area contributed by atoms with E-state index in [0.29, 0.717) is 24.4 Å². The summed E-state index contributed by atoms with van der Waals surface area (Å²) >= 11 is 0. The number of halogens is 1. The van der Waals surface area contributed by atoms with Crippen molar-refractivity contribution >= 4 is 24.2 Å². The number of amides is 2. The van der Waals surface area contributed by atoms with Gasteiger partial charge in [0, 0.05) is 18.7 Å². The van der Waals surface area contributed by atoms with Crippen LogP contribution in [0.25, 0.3) is 0 Å². The monoisotopic (exact) mass is 343 g/mol. The summed E-state index contributed by atoms with van der Waals surface area (Å²) in [4.78, 5) is 23.8. The molecule has 0 fully saturated rings. The molecule has 0 aromatic heterocycles. The van der Waals surface area contributed by atoms with E-state index in [1.165, 1.54) is 0 Å². The number of ether oxygens (including phenoxy) is 1. The quantitative estimate of drug-likeness (QED) is 0.679. The van der Waals surface area contributed by atoms with Gasteiger partial charge in [0.25, 0.3) is 5.91 Å². The van der Waals surface area contributed by atoms with Gasteiger partial charge in [0.2, 0.25) is 5.91 Å². The zero-order chi connectivity index (χ0) is 16.8. The lowest BCUT2D eigenvalue weighted by Gasteiger charge is -2.25. The van der Waals surface area contributed by atoms with Crippen molar-refractivity contribution in [1.82, 2.24) is 10.6 Å². The summed E-state index contributed by atoms with van der Waals surface area (Å²) in [6, 6.07) is 6.29. The van der Waals surface area contributed by atoms with Gasteiger partial charge in [0.15, 0.2) is 0 Å². The number of hydrogen-bond acceptors (Lipinski definition) is 4. The Balaban J connectivity index is 0.00000484. The molecule has 0 aliphatic carbocycles. The number of hydrogen-bond donors (Lipinski definition) is 3. The number of carbonyl (C=O) groups is 2. The molecule has 0 radical (unpaired) electrons. The van der Waals surface area contributed by atoms with E-state index in [-0.39, 0.29) is 29.6 Å². The second-order valence-corrected chi connectivity index (χ2v) is 6.12. The summed E-state index contributed by atoms with van der Waals surface area (Å²) in [6.07, 6.45) is 0.